The van der Waals surface area contributed by atoms with Gasteiger partial charge in [-0.2, -0.15) is 0 Å². The molecule has 6 heteroatoms. The van der Waals surface area contributed by atoms with E-state index in [0.717, 1.165) is 0 Å². The fourth-order valence-corrected chi connectivity index (χ4v) is 1.72. The second-order valence-corrected chi connectivity index (χ2v) is 4.57. The molecule has 5 nitrogen and oxygen atoms in total. The van der Waals surface area contributed by atoms with E-state index in [-0.39, 0.29) is 36.0 Å². The molecule has 1 heterocycles. The Balaban J connectivity index is 0.00000289. The molecule has 92 valence electrons. The third-order valence-electron chi connectivity index (χ3n) is 2.82. The minimum Gasteiger partial charge on any atom is -0.394 e. The van der Waals surface area contributed by atoms with Gasteiger partial charge in [0.25, 0.3) is 0 Å². The summed E-state index contributed by atoms with van der Waals surface area (Å²) < 4.78 is 0. The second-order valence-electron chi connectivity index (χ2n) is 4.57. The Labute approximate surface area is 129 Å². The van der Waals surface area contributed by atoms with Crippen molar-refractivity contribution >= 4 is 17.8 Å². The topological polar surface area (TPSA) is 77.3 Å². The average Bonchev–Trinajstić information content (AvgIpc) is 2.21. The zero-order valence-electron chi connectivity index (χ0n) is 10.9. The van der Waals surface area contributed by atoms with Gasteiger partial charge in [0.1, 0.15) is 0 Å². The largest absolute Gasteiger partial charge is 1.00 e. The number of nitrogens with zero attached hydrogens (tertiary/aromatic N) is 1. The molecule has 4 amide bonds. The fraction of sp³-hybridized carbons (Fsp3) is 0.583. The average molecular weight is 258 g/mol. The standard InChI is InChI=1S/C12H16N2O3.Na/c1-4-6-12(7-5-8(2)3)9(15)13-11(17)14-10(12)16;/h1,8H,5-7H2,2-3H3,(H2,13,14,15,16,17);/q;+1/p-1. The van der Waals surface area contributed by atoms with Crippen molar-refractivity contribution in [1.82, 2.24) is 5.32 Å². The molecule has 0 radical (unpaired) electrons. The van der Waals surface area contributed by atoms with Crippen molar-refractivity contribution in [2.75, 3.05) is 0 Å². The Morgan fingerprint density at radius 3 is 2.44 bits per heavy atom. The molecule has 1 aliphatic heterocycles. The molecule has 0 spiro atoms. The molecular weight excluding hydrogens is 243 g/mol. The van der Waals surface area contributed by atoms with Gasteiger partial charge in [-0.1, -0.05) is 13.8 Å². The van der Waals surface area contributed by atoms with E-state index >= 15 is 0 Å². The molecule has 0 saturated carbocycles. The Morgan fingerprint density at radius 1 is 1.39 bits per heavy atom. The van der Waals surface area contributed by atoms with E-state index in [1.807, 2.05) is 19.2 Å². The van der Waals surface area contributed by atoms with Crippen LogP contribution in [0.3, 0.4) is 0 Å². The third-order valence-corrected chi connectivity index (χ3v) is 2.82. The summed E-state index contributed by atoms with van der Waals surface area (Å²) in [5.74, 6) is 1.32. The van der Waals surface area contributed by atoms with Gasteiger partial charge in [-0.25, -0.2) is 0 Å². The summed E-state index contributed by atoms with van der Waals surface area (Å²) in [5.41, 5.74) is -1.35. The number of urea groups is 1. The van der Waals surface area contributed by atoms with E-state index in [2.05, 4.69) is 11.2 Å². The van der Waals surface area contributed by atoms with Gasteiger partial charge in [0.2, 0.25) is 0 Å². The maximum atomic E-state index is 11.8. The van der Waals surface area contributed by atoms with Crippen LogP contribution in [0.15, 0.2) is 0 Å². The van der Waals surface area contributed by atoms with E-state index in [0.29, 0.717) is 18.8 Å². The van der Waals surface area contributed by atoms with Crippen LogP contribution in [0.1, 0.15) is 33.1 Å². The predicted octanol–water partition coefficient (Wildman–Crippen LogP) is -1.41. The molecule has 1 saturated heterocycles. The number of barbiturate groups is 1. The van der Waals surface area contributed by atoms with Crippen molar-refractivity contribution in [2.24, 2.45) is 11.3 Å². The monoisotopic (exact) mass is 258 g/mol. The zero-order chi connectivity index (χ0) is 13.1. The number of carbonyl (C=O) groups excluding carboxylic acids is 3. The molecule has 1 atom stereocenters. The van der Waals surface area contributed by atoms with Gasteiger partial charge < -0.3 is 10.6 Å². The quantitative estimate of drug-likeness (QED) is 0.382. The van der Waals surface area contributed by atoms with Crippen molar-refractivity contribution in [3.63, 3.8) is 0 Å². The normalized spacial score (nSPS) is 22.9. The van der Waals surface area contributed by atoms with E-state index in [1.165, 1.54) is 0 Å². The van der Waals surface area contributed by atoms with Crippen molar-refractivity contribution < 1.29 is 43.9 Å². The smallest absolute Gasteiger partial charge is 0.394 e. The Kier molecular flexibility index (Phi) is 6.61. The predicted molar refractivity (Wildman–Crippen MR) is 61.9 cm³/mol. The first kappa shape index (κ1) is 17.2. The first-order chi connectivity index (χ1) is 7.92. The molecule has 0 aliphatic carbocycles. The number of rotatable bonds is 4. The number of terminal acetylenes is 1. The molecule has 1 rings (SSSR count). The molecule has 1 N–H and O–H groups in total. The van der Waals surface area contributed by atoms with Crippen molar-refractivity contribution in [2.45, 2.75) is 33.1 Å². The van der Waals surface area contributed by atoms with Gasteiger partial charge in [-0.3, -0.25) is 14.4 Å². The number of imide groups is 2. The van der Waals surface area contributed by atoms with Gasteiger partial charge in [-0.15, -0.1) is 12.3 Å². The minimum absolute atomic E-state index is 0. The van der Waals surface area contributed by atoms with Gasteiger partial charge in [0, 0.05) is 6.42 Å². The van der Waals surface area contributed by atoms with Gasteiger partial charge in [-0.05, 0) is 18.8 Å². The van der Waals surface area contributed by atoms with Crippen LogP contribution >= 0.6 is 0 Å². The summed E-state index contributed by atoms with van der Waals surface area (Å²) in [6.45, 7) is 3.97. The van der Waals surface area contributed by atoms with Gasteiger partial charge >= 0.3 is 29.6 Å². The number of hydrogen-bond acceptors (Lipinski definition) is 3. The van der Waals surface area contributed by atoms with E-state index in [4.69, 9.17) is 6.42 Å². The maximum absolute atomic E-state index is 11.8. The van der Waals surface area contributed by atoms with Crippen LogP contribution in [0.2, 0.25) is 0 Å². The van der Waals surface area contributed by atoms with Crippen molar-refractivity contribution in [1.29, 1.82) is 0 Å². The fourth-order valence-electron chi connectivity index (χ4n) is 1.72. The molecule has 1 unspecified atom stereocenters. The summed E-state index contributed by atoms with van der Waals surface area (Å²) >= 11 is 0. The molecule has 0 aromatic carbocycles. The summed E-state index contributed by atoms with van der Waals surface area (Å²) in [5, 5.41) is 5.33. The third kappa shape index (κ3) is 3.58. The van der Waals surface area contributed by atoms with Crippen LogP contribution in [0.4, 0.5) is 4.79 Å². The Hall–Kier alpha value is -0.830. The second kappa shape index (κ2) is 6.93. The molecule has 0 aromatic rings. The van der Waals surface area contributed by atoms with Gasteiger partial charge in [0.05, 0.1) is 5.41 Å². The number of nitrogens with one attached hydrogen (secondary N) is 1. The minimum atomic E-state index is -1.35. The Morgan fingerprint density at radius 2 is 2.00 bits per heavy atom. The van der Waals surface area contributed by atoms with Crippen LogP contribution in [-0.4, -0.2) is 17.8 Å². The number of carbonyl (C=O) groups is 3. The summed E-state index contributed by atoms with van der Waals surface area (Å²) in [6, 6.07) is -0.905. The van der Waals surface area contributed by atoms with Crippen LogP contribution in [-0.2, 0) is 9.59 Å². The summed E-state index contributed by atoms with van der Waals surface area (Å²) in [4.78, 5) is 34.6. The zero-order valence-corrected chi connectivity index (χ0v) is 12.9. The van der Waals surface area contributed by atoms with Crippen LogP contribution in [0.5, 0.6) is 0 Å². The molecule has 0 aromatic heterocycles. The molecular formula is C12H15N2NaO3. The van der Waals surface area contributed by atoms with Crippen LogP contribution in [0, 0.1) is 23.7 Å². The van der Waals surface area contributed by atoms with Gasteiger partial charge in [0.15, 0.2) is 17.8 Å². The van der Waals surface area contributed by atoms with Crippen LogP contribution in [0.25, 0.3) is 5.32 Å². The van der Waals surface area contributed by atoms with E-state index in [1.54, 1.807) is 0 Å². The molecule has 0 bridgehead atoms. The van der Waals surface area contributed by atoms with E-state index in [9.17, 15) is 14.4 Å². The Bertz CT molecular complexity index is 379. The number of amides is 4. The van der Waals surface area contributed by atoms with Crippen molar-refractivity contribution in [3.8, 4) is 12.3 Å². The van der Waals surface area contributed by atoms with Crippen molar-refractivity contribution in [3.05, 3.63) is 5.32 Å². The summed E-state index contributed by atoms with van der Waals surface area (Å²) in [7, 11) is 0. The van der Waals surface area contributed by atoms with Crippen LogP contribution < -0.4 is 34.9 Å². The summed E-state index contributed by atoms with van der Waals surface area (Å²) in [6.07, 6.45) is 6.16. The van der Waals surface area contributed by atoms with E-state index < -0.39 is 23.3 Å². The molecule has 1 aliphatic rings. The SMILES string of the molecule is C#CCC1(CCC(C)C)C(=O)[N-]C(=O)NC1=O.[Na+]. The maximum Gasteiger partial charge on any atom is 1.00 e. The number of hydrogen-bond donors (Lipinski definition) is 1. The molecule has 18 heavy (non-hydrogen) atoms. The first-order valence-corrected chi connectivity index (χ1v) is 5.47. The first-order valence-electron chi connectivity index (χ1n) is 5.47. The molecule has 1 fully saturated rings.